The Labute approximate surface area is 145 Å². The second-order valence-electron chi connectivity index (χ2n) is 5.31. The minimum absolute atomic E-state index is 0.0292. The third-order valence-electron chi connectivity index (χ3n) is 3.41. The minimum atomic E-state index is -1.05. The molecule has 0 heterocycles. The highest BCUT2D eigenvalue weighted by Crippen LogP contribution is 2.39. The van der Waals surface area contributed by atoms with Crippen molar-refractivity contribution < 1.29 is 19.4 Å². The third kappa shape index (κ3) is 4.11. The first-order chi connectivity index (χ1) is 10.4. The molecule has 1 rings (SSSR count). The van der Waals surface area contributed by atoms with Crippen molar-refractivity contribution >= 4 is 28.7 Å². The van der Waals surface area contributed by atoms with Gasteiger partial charge in [-0.05, 0) is 48.9 Å². The van der Waals surface area contributed by atoms with E-state index in [-0.39, 0.29) is 12.8 Å². The maximum atomic E-state index is 11.9. The average molecular weight is 421 g/mol. The zero-order chi connectivity index (χ0) is 16.8. The lowest BCUT2D eigenvalue weighted by molar-refractivity contribution is -0.211. The molecule has 0 bridgehead atoms. The maximum absolute atomic E-state index is 11.9. The summed E-state index contributed by atoms with van der Waals surface area (Å²) in [6, 6.07) is 7.48. The Morgan fingerprint density at radius 2 is 2.05 bits per heavy atom. The van der Waals surface area contributed by atoms with E-state index in [4.69, 9.17) is 9.47 Å². The Morgan fingerprint density at radius 1 is 1.41 bits per heavy atom. The van der Waals surface area contributed by atoms with Crippen LogP contribution in [0.3, 0.4) is 0 Å². The summed E-state index contributed by atoms with van der Waals surface area (Å²) >= 11 is 2.22. The van der Waals surface area contributed by atoms with Crippen molar-refractivity contribution in [2.45, 2.75) is 45.4 Å². The summed E-state index contributed by atoms with van der Waals surface area (Å²) in [6.45, 7) is 5.75. The first kappa shape index (κ1) is 19.2. The summed E-state index contributed by atoms with van der Waals surface area (Å²) in [5.74, 6) is 0. The fraction of sp³-hybridized carbons (Fsp3) is 0.562. The van der Waals surface area contributed by atoms with E-state index in [1.165, 1.54) is 12.0 Å². The molecule has 0 aromatic heterocycles. The van der Waals surface area contributed by atoms with Gasteiger partial charge in [0.2, 0.25) is 0 Å². The Hall–Kier alpha value is -0.860. The van der Waals surface area contributed by atoms with E-state index in [0.717, 1.165) is 15.6 Å². The van der Waals surface area contributed by atoms with Crippen molar-refractivity contribution in [3.8, 4) is 0 Å². The average Bonchev–Trinajstić information content (AvgIpc) is 2.44. The number of methoxy groups -OCH3 is 1. The Bertz CT molecular complexity index is 495. The van der Waals surface area contributed by atoms with E-state index >= 15 is 0 Å². The summed E-state index contributed by atoms with van der Waals surface area (Å²) in [5, 5.41) is 9.76. The van der Waals surface area contributed by atoms with Crippen LogP contribution in [0.4, 0.5) is 4.79 Å². The molecule has 0 radical (unpaired) electrons. The SMILES string of the molecule is CCCC(OCOC)(c1ccccc1I)N(C(=O)O)C(C)C. The first-order valence-electron chi connectivity index (χ1n) is 7.30. The molecule has 0 saturated carbocycles. The van der Waals surface area contributed by atoms with Gasteiger partial charge in [-0.2, -0.15) is 0 Å². The van der Waals surface area contributed by atoms with Crippen LogP contribution in [0.15, 0.2) is 24.3 Å². The molecule has 1 atom stereocenters. The Kier molecular flexibility index (Phi) is 7.58. The zero-order valence-corrected chi connectivity index (χ0v) is 15.7. The predicted molar refractivity (Wildman–Crippen MR) is 93.7 cm³/mol. The van der Waals surface area contributed by atoms with Gasteiger partial charge in [-0.3, -0.25) is 4.90 Å². The number of hydrogen-bond acceptors (Lipinski definition) is 3. The van der Waals surface area contributed by atoms with Crippen LogP contribution < -0.4 is 0 Å². The second kappa shape index (κ2) is 8.69. The molecule has 5 nitrogen and oxygen atoms in total. The zero-order valence-electron chi connectivity index (χ0n) is 13.5. The largest absolute Gasteiger partial charge is 0.465 e. The first-order valence-corrected chi connectivity index (χ1v) is 8.38. The van der Waals surface area contributed by atoms with Crippen molar-refractivity contribution in [3.05, 3.63) is 33.4 Å². The molecule has 0 fully saturated rings. The number of rotatable bonds is 8. The molecular formula is C16H24INO4. The molecular weight excluding hydrogens is 397 g/mol. The van der Waals surface area contributed by atoms with Crippen molar-refractivity contribution in [3.63, 3.8) is 0 Å². The van der Waals surface area contributed by atoms with Gasteiger partial charge in [0.05, 0.1) is 0 Å². The molecule has 1 amide bonds. The van der Waals surface area contributed by atoms with Gasteiger partial charge in [0.1, 0.15) is 6.79 Å². The van der Waals surface area contributed by atoms with Gasteiger partial charge in [0.25, 0.3) is 0 Å². The van der Waals surface area contributed by atoms with Crippen LogP contribution in [0, 0.1) is 3.57 Å². The molecule has 1 unspecified atom stereocenters. The molecule has 6 heteroatoms. The van der Waals surface area contributed by atoms with Gasteiger partial charge in [0.15, 0.2) is 5.72 Å². The lowest BCUT2D eigenvalue weighted by atomic mass is 9.94. The van der Waals surface area contributed by atoms with Crippen LogP contribution in [0.5, 0.6) is 0 Å². The fourth-order valence-corrected chi connectivity index (χ4v) is 3.48. The molecule has 1 aromatic rings. The molecule has 124 valence electrons. The van der Waals surface area contributed by atoms with E-state index in [0.29, 0.717) is 6.42 Å². The minimum Gasteiger partial charge on any atom is -0.465 e. The summed E-state index contributed by atoms with van der Waals surface area (Å²) < 4.78 is 12.0. The molecule has 0 saturated heterocycles. The number of carbonyl (C=O) groups is 1. The van der Waals surface area contributed by atoms with Crippen LogP contribution in [0.1, 0.15) is 39.2 Å². The van der Waals surface area contributed by atoms with Gasteiger partial charge in [-0.25, -0.2) is 4.79 Å². The molecule has 1 aromatic carbocycles. The van der Waals surface area contributed by atoms with E-state index in [2.05, 4.69) is 22.6 Å². The van der Waals surface area contributed by atoms with Gasteiger partial charge < -0.3 is 14.6 Å². The molecule has 0 aliphatic heterocycles. The maximum Gasteiger partial charge on any atom is 0.410 e. The van der Waals surface area contributed by atoms with Gasteiger partial charge in [-0.1, -0.05) is 31.5 Å². The quantitative estimate of drug-likeness (QED) is 0.504. The number of ether oxygens (including phenoxy) is 2. The summed E-state index contributed by atoms with van der Waals surface area (Å²) in [5.41, 5.74) is -0.201. The van der Waals surface area contributed by atoms with Gasteiger partial charge in [-0.15, -0.1) is 0 Å². The molecule has 0 aliphatic carbocycles. The van der Waals surface area contributed by atoms with Crippen molar-refractivity contribution in [2.75, 3.05) is 13.9 Å². The number of halogens is 1. The standard InChI is InChI=1S/C16H24INO4/c1-5-10-16(22-11-21-4,18(12(2)3)15(19)20)13-8-6-7-9-14(13)17/h6-9,12H,5,10-11H2,1-4H3,(H,19,20). The molecule has 0 spiro atoms. The normalized spacial score (nSPS) is 13.9. The number of carboxylic acid groups (broad SMARTS) is 1. The van der Waals surface area contributed by atoms with E-state index < -0.39 is 11.8 Å². The topological polar surface area (TPSA) is 59.0 Å². The van der Waals surface area contributed by atoms with Crippen molar-refractivity contribution in [2.24, 2.45) is 0 Å². The Morgan fingerprint density at radius 3 is 2.50 bits per heavy atom. The number of amides is 1. The highest BCUT2D eigenvalue weighted by atomic mass is 127. The molecule has 22 heavy (non-hydrogen) atoms. The van der Waals surface area contributed by atoms with Crippen molar-refractivity contribution in [1.82, 2.24) is 4.90 Å². The lowest BCUT2D eigenvalue weighted by Gasteiger charge is -2.44. The number of benzene rings is 1. The van der Waals surface area contributed by atoms with Crippen LogP contribution in [0.25, 0.3) is 0 Å². The highest BCUT2D eigenvalue weighted by Gasteiger charge is 2.44. The second-order valence-corrected chi connectivity index (χ2v) is 6.47. The van der Waals surface area contributed by atoms with E-state index in [1.807, 2.05) is 45.0 Å². The van der Waals surface area contributed by atoms with Gasteiger partial charge in [0, 0.05) is 22.3 Å². The van der Waals surface area contributed by atoms with E-state index in [1.54, 1.807) is 0 Å². The number of hydrogen-bond donors (Lipinski definition) is 1. The van der Waals surface area contributed by atoms with Crippen LogP contribution >= 0.6 is 22.6 Å². The van der Waals surface area contributed by atoms with E-state index in [9.17, 15) is 9.90 Å². The van der Waals surface area contributed by atoms with Crippen LogP contribution in [-0.2, 0) is 15.2 Å². The third-order valence-corrected chi connectivity index (χ3v) is 4.35. The lowest BCUT2D eigenvalue weighted by Crippen LogP contribution is -2.54. The van der Waals surface area contributed by atoms with Gasteiger partial charge >= 0.3 is 6.09 Å². The van der Waals surface area contributed by atoms with Crippen LogP contribution in [-0.4, -0.2) is 36.0 Å². The fourth-order valence-electron chi connectivity index (χ4n) is 2.67. The van der Waals surface area contributed by atoms with Crippen LogP contribution in [0.2, 0.25) is 0 Å². The number of nitrogens with zero attached hydrogens (tertiary/aromatic N) is 1. The molecule has 0 aliphatic rings. The van der Waals surface area contributed by atoms with Crippen molar-refractivity contribution in [1.29, 1.82) is 0 Å². The predicted octanol–water partition coefficient (Wildman–Crippen LogP) is 4.25. The summed E-state index contributed by atoms with van der Waals surface area (Å²) in [4.78, 5) is 13.3. The summed E-state index contributed by atoms with van der Waals surface area (Å²) in [6.07, 6.45) is 0.339. The monoisotopic (exact) mass is 421 g/mol. The Balaban J connectivity index is 3.51. The molecule has 1 N–H and O–H groups in total. The smallest absolute Gasteiger partial charge is 0.410 e. The highest BCUT2D eigenvalue weighted by molar-refractivity contribution is 14.1. The summed E-state index contributed by atoms with van der Waals surface area (Å²) in [7, 11) is 1.53.